The van der Waals surface area contributed by atoms with Crippen LogP contribution in [0.25, 0.3) is 0 Å². The van der Waals surface area contributed by atoms with Gasteiger partial charge in [-0.15, -0.1) is 0 Å². The number of carbonyl (C=O) groups is 1. The molecule has 0 fully saturated rings. The van der Waals surface area contributed by atoms with Gasteiger partial charge in [-0.2, -0.15) is 0 Å². The van der Waals surface area contributed by atoms with Gasteiger partial charge >= 0.3 is 0 Å². The SMILES string of the molecule is O=C([O-])C[C@H](NS(=O)(=O)c1ccccc1)c1ccccc1. The molecule has 1 N–H and O–H groups in total. The Balaban J connectivity index is 2.29. The first-order valence-corrected chi connectivity index (χ1v) is 7.79. The van der Waals surface area contributed by atoms with E-state index in [9.17, 15) is 18.3 Å². The first-order chi connectivity index (χ1) is 9.99. The molecule has 0 unspecified atom stereocenters. The second-order valence-electron chi connectivity index (χ2n) is 4.47. The van der Waals surface area contributed by atoms with Crippen LogP contribution in [-0.2, 0) is 14.8 Å². The maximum absolute atomic E-state index is 12.3. The molecule has 0 aliphatic heterocycles. The van der Waals surface area contributed by atoms with Gasteiger partial charge in [-0.3, -0.25) is 0 Å². The summed E-state index contributed by atoms with van der Waals surface area (Å²) in [7, 11) is -3.79. The predicted molar refractivity (Wildman–Crippen MR) is 75.6 cm³/mol. The lowest BCUT2D eigenvalue weighted by atomic mass is 10.1. The predicted octanol–water partition coefficient (Wildman–Crippen LogP) is 0.846. The molecule has 6 heteroatoms. The summed E-state index contributed by atoms with van der Waals surface area (Å²) in [5.41, 5.74) is 0.571. The molecule has 110 valence electrons. The van der Waals surface area contributed by atoms with Gasteiger partial charge in [0.2, 0.25) is 10.0 Å². The van der Waals surface area contributed by atoms with Crippen molar-refractivity contribution < 1.29 is 18.3 Å². The van der Waals surface area contributed by atoms with Crippen molar-refractivity contribution in [3.63, 3.8) is 0 Å². The molecule has 0 aliphatic rings. The highest BCUT2D eigenvalue weighted by Gasteiger charge is 2.21. The highest BCUT2D eigenvalue weighted by molar-refractivity contribution is 7.89. The van der Waals surface area contributed by atoms with Crippen molar-refractivity contribution in [1.82, 2.24) is 4.72 Å². The van der Waals surface area contributed by atoms with E-state index in [-0.39, 0.29) is 4.90 Å². The smallest absolute Gasteiger partial charge is 0.241 e. The molecule has 0 heterocycles. The third-order valence-corrected chi connectivity index (χ3v) is 4.41. The molecule has 0 bridgehead atoms. The maximum atomic E-state index is 12.3. The zero-order chi connectivity index (χ0) is 15.3. The van der Waals surface area contributed by atoms with E-state index < -0.39 is 28.5 Å². The van der Waals surface area contributed by atoms with Crippen molar-refractivity contribution in [2.24, 2.45) is 0 Å². The molecule has 1 atom stereocenters. The van der Waals surface area contributed by atoms with Crippen molar-refractivity contribution in [3.05, 3.63) is 66.2 Å². The Labute approximate surface area is 123 Å². The van der Waals surface area contributed by atoms with Gasteiger partial charge < -0.3 is 9.90 Å². The van der Waals surface area contributed by atoms with Gasteiger partial charge in [0.25, 0.3) is 0 Å². The number of rotatable bonds is 6. The second-order valence-corrected chi connectivity index (χ2v) is 6.19. The maximum Gasteiger partial charge on any atom is 0.241 e. The lowest BCUT2D eigenvalue weighted by Crippen LogP contribution is -2.34. The van der Waals surface area contributed by atoms with Gasteiger partial charge in [0.15, 0.2) is 0 Å². The van der Waals surface area contributed by atoms with Gasteiger partial charge in [0.1, 0.15) is 0 Å². The van der Waals surface area contributed by atoms with Crippen molar-refractivity contribution in [1.29, 1.82) is 0 Å². The van der Waals surface area contributed by atoms with Crippen molar-refractivity contribution in [3.8, 4) is 0 Å². The van der Waals surface area contributed by atoms with E-state index in [1.807, 2.05) is 0 Å². The van der Waals surface area contributed by atoms with Crippen LogP contribution in [0.2, 0.25) is 0 Å². The van der Waals surface area contributed by atoms with E-state index in [1.54, 1.807) is 48.5 Å². The Morgan fingerprint density at radius 1 is 1.00 bits per heavy atom. The summed E-state index contributed by atoms with van der Waals surface area (Å²) < 4.78 is 27.0. The van der Waals surface area contributed by atoms with Gasteiger partial charge in [-0.25, -0.2) is 13.1 Å². The van der Waals surface area contributed by atoms with Crippen LogP contribution in [0, 0.1) is 0 Å². The van der Waals surface area contributed by atoms with Gasteiger partial charge in [-0.05, 0) is 17.7 Å². The number of nitrogens with one attached hydrogen (secondary N) is 1. The Morgan fingerprint density at radius 2 is 1.52 bits per heavy atom. The summed E-state index contributed by atoms with van der Waals surface area (Å²) in [5.74, 6) is -1.32. The number of hydrogen-bond acceptors (Lipinski definition) is 4. The quantitative estimate of drug-likeness (QED) is 0.857. The lowest BCUT2D eigenvalue weighted by Gasteiger charge is -2.19. The number of carboxylic acid groups (broad SMARTS) is 1. The molecular weight excluding hydrogens is 290 g/mol. The largest absolute Gasteiger partial charge is 0.550 e. The first kappa shape index (κ1) is 15.2. The van der Waals surface area contributed by atoms with Crippen molar-refractivity contribution in [2.45, 2.75) is 17.4 Å². The normalized spacial score (nSPS) is 12.8. The van der Waals surface area contributed by atoms with Crippen LogP contribution in [0.15, 0.2) is 65.6 Å². The number of benzene rings is 2. The van der Waals surface area contributed by atoms with Crippen LogP contribution in [0.4, 0.5) is 0 Å². The summed E-state index contributed by atoms with van der Waals surface area (Å²) in [5, 5.41) is 10.9. The Hall–Kier alpha value is -2.18. The molecule has 0 spiro atoms. The van der Waals surface area contributed by atoms with E-state index in [1.165, 1.54) is 12.1 Å². The summed E-state index contributed by atoms with van der Waals surface area (Å²) in [6.07, 6.45) is -0.434. The average molecular weight is 304 g/mol. The van der Waals surface area contributed by atoms with Crippen LogP contribution in [0.5, 0.6) is 0 Å². The summed E-state index contributed by atoms with van der Waals surface area (Å²) >= 11 is 0. The fourth-order valence-electron chi connectivity index (χ4n) is 1.93. The molecule has 0 aromatic heterocycles. The number of carbonyl (C=O) groups excluding carboxylic acids is 1. The zero-order valence-electron chi connectivity index (χ0n) is 11.1. The first-order valence-electron chi connectivity index (χ1n) is 6.31. The number of carboxylic acids is 1. The van der Waals surface area contributed by atoms with E-state index in [2.05, 4.69) is 4.72 Å². The average Bonchev–Trinajstić information content (AvgIpc) is 2.48. The summed E-state index contributed by atoms with van der Waals surface area (Å²) in [4.78, 5) is 10.9. The van der Waals surface area contributed by atoms with E-state index >= 15 is 0 Å². The molecule has 0 saturated carbocycles. The third-order valence-electron chi connectivity index (χ3n) is 2.92. The molecule has 0 radical (unpaired) electrons. The summed E-state index contributed by atoms with van der Waals surface area (Å²) in [6, 6.07) is 15.5. The van der Waals surface area contributed by atoms with Crippen LogP contribution >= 0.6 is 0 Å². The van der Waals surface area contributed by atoms with E-state index in [0.717, 1.165) is 0 Å². The number of hydrogen-bond donors (Lipinski definition) is 1. The van der Waals surface area contributed by atoms with E-state index in [0.29, 0.717) is 5.56 Å². The minimum Gasteiger partial charge on any atom is -0.550 e. The minimum absolute atomic E-state index is 0.0873. The van der Waals surface area contributed by atoms with Crippen LogP contribution in [0.3, 0.4) is 0 Å². The summed E-state index contributed by atoms with van der Waals surface area (Å²) in [6.45, 7) is 0. The van der Waals surface area contributed by atoms with Gasteiger partial charge in [-0.1, -0.05) is 48.5 Å². The molecule has 5 nitrogen and oxygen atoms in total. The number of sulfonamides is 1. The Bertz CT molecular complexity index is 699. The lowest BCUT2D eigenvalue weighted by molar-refractivity contribution is -0.306. The standard InChI is InChI=1S/C15H15NO4S/c17-15(18)11-14(12-7-3-1-4-8-12)16-21(19,20)13-9-5-2-6-10-13/h1-10,14,16H,11H2,(H,17,18)/p-1/t14-/m0/s1. The van der Waals surface area contributed by atoms with Gasteiger partial charge in [0.05, 0.1) is 10.9 Å². The topological polar surface area (TPSA) is 86.3 Å². The highest BCUT2D eigenvalue weighted by Crippen LogP contribution is 2.19. The highest BCUT2D eigenvalue weighted by atomic mass is 32.2. The monoisotopic (exact) mass is 304 g/mol. The van der Waals surface area contributed by atoms with Crippen LogP contribution in [0.1, 0.15) is 18.0 Å². The second kappa shape index (κ2) is 6.51. The van der Waals surface area contributed by atoms with Crippen molar-refractivity contribution >= 4 is 16.0 Å². The Morgan fingerprint density at radius 3 is 2.05 bits per heavy atom. The molecule has 21 heavy (non-hydrogen) atoms. The molecule has 2 rings (SSSR count). The molecule has 2 aromatic carbocycles. The Kier molecular flexibility index (Phi) is 4.72. The molecule has 0 aliphatic carbocycles. The molecule has 0 amide bonds. The van der Waals surface area contributed by atoms with Crippen LogP contribution < -0.4 is 9.83 Å². The fraction of sp³-hybridized carbons (Fsp3) is 0.133. The third kappa shape index (κ3) is 4.14. The minimum atomic E-state index is -3.79. The molecule has 2 aromatic rings. The fourth-order valence-corrected chi connectivity index (χ4v) is 3.18. The molecule has 0 saturated heterocycles. The van der Waals surface area contributed by atoms with Crippen LogP contribution in [-0.4, -0.2) is 14.4 Å². The number of aliphatic carboxylic acids is 1. The van der Waals surface area contributed by atoms with Crippen molar-refractivity contribution in [2.75, 3.05) is 0 Å². The zero-order valence-corrected chi connectivity index (χ0v) is 11.9. The molecular formula is C15H14NO4S-. The van der Waals surface area contributed by atoms with Gasteiger partial charge in [0, 0.05) is 12.4 Å². The van der Waals surface area contributed by atoms with E-state index in [4.69, 9.17) is 0 Å².